The summed E-state index contributed by atoms with van der Waals surface area (Å²) in [5, 5.41) is 9.64. The van der Waals surface area contributed by atoms with Crippen molar-refractivity contribution in [3.63, 3.8) is 0 Å². The van der Waals surface area contributed by atoms with E-state index < -0.39 is 11.7 Å². The van der Waals surface area contributed by atoms with E-state index >= 15 is 0 Å². The number of benzene rings is 1. The van der Waals surface area contributed by atoms with E-state index in [1.54, 1.807) is 0 Å². The molecule has 1 fully saturated rings. The lowest BCUT2D eigenvalue weighted by molar-refractivity contribution is 0.0643. The second-order valence-corrected chi connectivity index (χ2v) is 5.08. The Labute approximate surface area is 110 Å². The fraction of sp³-hybridized carbons (Fsp3) is 0.462. The van der Waals surface area contributed by atoms with Crippen LogP contribution in [0.1, 0.15) is 23.7 Å². The highest BCUT2D eigenvalue weighted by Gasteiger charge is 2.35. The van der Waals surface area contributed by atoms with Crippen LogP contribution in [0.15, 0.2) is 18.2 Å². The molecule has 0 bridgehead atoms. The van der Waals surface area contributed by atoms with Crippen LogP contribution in [0.5, 0.6) is 0 Å². The van der Waals surface area contributed by atoms with Crippen molar-refractivity contribution in [2.24, 2.45) is 5.92 Å². The largest absolute Gasteiger partial charge is 0.394 e. The predicted octanol–water partition coefficient (Wildman–Crippen LogP) is 2.32. The summed E-state index contributed by atoms with van der Waals surface area (Å²) in [4.78, 5) is 13.8. The van der Waals surface area contributed by atoms with E-state index in [-0.39, 0.29) is 24.1 Å². The molecule has 0 saturated carbocycles. The van der Waals surface area contributed by atoms with Gasteiger partial charge < -0.3 is 10.0 Å². The van der Waals surface area contributed by atoms with Crippen LogP contribution >= 0.6 is 11.6 Å². The number of carbonyl (C=O) groups is 1. The lowest BCUT2D eigenvalue weighted by Crippen LogP contribution is -2.40. The molecule has 1 amide bonds. The normalized spacial score (nSPS) is 23.4. The molecule has 0 radical (unpaired) electrons. The van der Waals surface area contributed by atoms with Crippen molar-refractivity contribution >= 4 is 17.5 Å². The van der Waals surface area contributed by atoms with Gasteiger partial charge in [-0.25, -0.2) is 4.39 Å². The zero-order chi connectivity index (χ0) is 13.3. The number of halogens is 2. The summed E-state index contributed by atoms with van der Waals surface area (Å²) in [6.07, 6.45) is 0.819. The average Bonchev–Trinajstić information content (AvgIpc) is 2.72. The predicted molar refractivity (Wildman–Crippen MR) is 67.1 cm³/mol. The zero-order valence-electron chi connectivity index (χ0n) is 10.1. The molecule has 5 heteroatoms. The fourth-order valence-corrected chi connectivity index (χ4v) is 2.53. The molecule has 3 nitrogen and oxygen atoms in total. The van der Waals surface area contributed by atoms with E-state index in [0.717, 1.165) is 6.42 Å². The van der Waals surface area contributed by atoms with E-state index in [9.17, 15) is 14.3 Å². The van der Waals surface area contributed by atoms with Crippen LogP contribution < -0.4 is 0 Å². The maximum Gasteiger partial charge on any atom is 0.257 e. The smallest absolute Gasteiger partial charge is 0.257 e. The third-order valence-electron chi connectivity index (χ3n) is 3.49. The third-order valence-corrected chi connectivity index (χ3v) is 3.72. The number of aliphatic hydroxyl groups excluding tert-OH is 1. The number of amides is 1. The van der Waals surface area contributed by atoms with E-state index in [2.05, 4.69) is 0 Å². The Hall–Kier alpha value is -1.13. The molecule has 1 aromatic rings. The van der Waals surface area contributed by atoms with Crippen molar-refractivity contribution in [1.82, 2.24) is 4.90 Å². The molecule has 98 valence electrons. The maximum atomic E-state index is 13.6. The lowest BCUT2D eigenvalue weighted by Gasteiger charge is -2.25. The molecule has 0 aliphatic carbocycles. The Bertz CT molecular complexity index is 466. The van der Waals surface area contributed by atoms with Gasteiger partial charge in [-0.15, -0.1) is 0 Å². The van der Waals surface area contributed by atoms with Crippen molar-refractivity contribution < 1.29 is 14.3 Å². The standard InChI is InChI=1S/C13H15ClFNO2/c1-8-4-5-16(12(8)7-17)13(18)10-6-9(14)2-3-11(10)15/h2-3,6,8,12,17H,4-5,7H2,1H3. The van der Waals surface area contributed by atoms with Crippen molar-refractivity contribution in [1.29, 1.82) is 0 Å². The van der Waals surface area contributed by atoms with Gasteiger partial charge in [0.1, 0.15) is 5.82 Å². The van der Waals surface area contributed by atoms with Crippen LogP contribution in [-0.4, -0.2) is 35.1 Å². The van der Waals surface area contributed by atoms with Gasteiger partial charge >= 0.3 is 0 Å². The Kier molecular flexibility index (Phi) is 3.88. The van der Waals surface area contributed by atoms with Crippen LogP contribution in [0, 0.1) is 11.7 Å². The Morgan fingerprint density at radius 2 is 2.33 bits per heavy atom. The number of hydrogen-bond donors (Lipinski definition) is 1. The van der Waals surface area contributed by atoms with E-state index in [1.807, 2.05) is 6.92 Å². The molecule has 1 saturated heterocycles. The van der Waals surface area contributed by atoms with Gasteiger partial charge in [-0.2, -0.15) is 0 Å². The van der Waals surface area contributed by atoms with Gasteiger partial charge in [-0.05, 0) is 30.5 Å². The topological polar surface area (TPSA) is 40.5 Å². The van der Waals surface area contributed by atoms with Crippen LogP contribution in [0.4, 0.5) is 4.39 Å². The minimum Gasteiger partial charge on any atom is -0.394 e. The number of nitrogens with zero attached hydrogens (tertiary/aromatic N) is 1. The SMILES string of the molecule is CC1CCN(C(=O)c2cc(Cl)ccc2F)C1CO. The monoisotopic (exact) mass is 271 g/mol. The number of aliphatic hydroxyl groups is 1. The summed E-state index contributed by atoms with van der Waals surface area (Å²) in [6.45, 7) is 2.41. The zero-order valence-corrected chi connectivity index (χ0v) is 10.8. The number of carbonyl (C=O) groups excluding carboxylic acids is 1. The Morgan fingerprint density at radius 3 is 3.00 bits per heavy atom. The van der Waals surface area contributed by atoms with Gasteiger partial charge in [-0.1, -0.05) is 18.5 Å². The van der Waals surface area contributed by atoms with Gasteiger partial charge in [0.15, 0.2) is 0 Å². The number of rotatable bonds is 2. The summed E-state index contributed by atoms with van der Waals surface area (Å²) in [6, 6.07) is 3.68. The highest BCUT2D eigenvalue weighted by molar-refractivity contribution is 6.31. The van der Waals surface area contributed by atoms with Crippen molar-refractivity contribution in [2.75, 3.05) is 13.2 Å². The minimum absolute atomic E-state index is 0.0324. The first kappa shape index (κ1) is 13.3. The highest BCUT2D eigenvalue weighted by atomic mass is 35.5. The van der Waals surface area contributed by atoms with Crippen molar-refractivity contribution in [2.45, 2.75) is 19.4 Å². The molecule has 1 aliphatic heterocycles. The summed E-state index contributed by atoms with van der Waals surface area (Å²) < 4.78 is 13.6. The second kappa shape index (κ2) is 5.24. The Balaban J connectivity index is 2.28. The quantitative estimate of drug-likeness (QED) is 0.897. The van der Waals surface area contributed by atoms with Gasteiger partial charge in [-0.3, -0.25) is 4.79 Å². The lowest BCUT2D eigenvalue weighted by atomic mass is 10.0. The summed E-state index contributed by atoms with van der Waals surface area (Å²) >= 11 is 5.78. The van der Waals surface area contributed by atoms with Crippen LogP contribution in [0.25, 0.3) is 0 Å². The molecule has 1 aliphatic rings. The summed E-state index contributed by atoms with van der Waals surface area (Å²) in [7, 11) is 0. The molecule has 18 heavy (non-hydrogen) atoms. The summed E-state index contributed by atoms with van der Waals surface area (Å²) in [5.74, 6) is -0.764. The molecule has 1 heterocycles. The van der Waals surface area contributed by atoms with Crippen LogP contribution in [-0.2, 0) is 0 Å². The average molecular weight is 272 g/mol. The highest BCUT2D eigenvalue weighted by Crippen LogP contribution is 2.26. The van der Waals surface area contributed by atoms with Gasteiger partial charge in [0.2, 0.25) is 0 Å². The summed E-state index contributed by atoms with van der Waals surface area (Å²) in [5.41, 5.74) is -0.0324. The molecular formula is C13H15ClFNO2. The molecule has 2 atom stereocenters. The molecule has 1 N–H and O–H groups in total. The first-order valence-electron chi connectivity index (χ1n) is 5.91. The van der Waals surface area contributed by atoms with Crippen LogP contribution in [0.2, 0.25) is 5.02 Å². The first-order valence-corrected chi connectivity index (χ1v) is 6.29. The number of likely N-dealkylation sites (tertiary alicyclic amines) is 1. The van der Waals surface area contributed by atoms with Gasteiger partial charge in [0.05, 0.1) is 18.2 Å². The molecular weight excluding hydrogens is 257 g/mol. The van der Waals surface area contributed by atoms with E-state index in [1.165, 1.54) is 23.1 Å². The van der Waals surface area contributed by atoms with Gasteiger partial charge in [0, 0.05) is 11.6 Å². The molecule has 2 rings (SSSR count). The third kappa shape index (κ3) is 2.35. The molecule has 0 aromatic heterocycles. The molecule has 1 aromatic carbocycles. The molecule has 2 unspecified atom stereocenters. The van der Waals surface area contributed by atoms with E-state index in [0.29, 0.717) is 11.6 Å². The van der Waals surface area contributed by atoms with Gasteiger partial charge in [0.25, 0.3) is 5.91 Å². The Morgan fingerprint density at radius 1 is 1.61 bits per heavy atom. The molecule has 0 spiro atoms. The fourth-order valence-electron chi connectivity index (χ4n) is 2.35. The minimum atomic E-state index is -0.583. The van der Waals surface area contributed by atoms with E-state index in [4.69, 9.17) is 11.6 Å². The van der Waals surface area contributed by atoms with Crippen molar-refractivity contribution in [3.8, 4) is 0 Å². The first-order chi connectivity index (χ1) is 8.54. The number of hydrogen-bond acceptors (Lipinski definition) is 2. The second-order valence-electron chi connectivity index (χ2n) is 4.64. The van der Waals surface area contributed by atoms with Crippen LogP contribution in [0.3, 0.4) is 0 Å². The van der Waals surface area contributed by atoms with Crippen molar-refractivity contribution in [3.05, 3.63) is 34.6 Å². The maximum absolute atomic E-state index is 13.6.